The zero-order chi connectivity index (χ0) is 13.8. The van der Waals surface area contributed by atoms with E-state index in [-0.39, 0.29) is 5.91 Å². The topological polar surface area (TPSA) is 20.3 Å². The number of rotatable bonds is 3. The fourth-order valence-corrected chi connectivity index (χ4v) is 2.86. The zero-order valence-corrected chi connectivity index (χ0v) is 12.5. The van der Waals surface area contributed by atoms with Gasteiger partial charge in [-0.2, -0.15) is 0 Å². The molecule has 104 valence electrons. The normalized spacial score (nSPS) is 23.1. The standard InChI is InChI=1S/C16H22ClNO/c1-12-3-9-15(10-4-12)18(2)16(19)11-13-5-7-14(17)8-6-13/h5-8,12,15H,3-4,9-11H2,1-2H3. The van der Waals surface area contributed by atoms with Gasteiger partial charge in [0, 0.05) is 18.1 Å². The highest BCUT2D eigenvalue weighted by molar-refractivity contribution is 6.30. The summed E-state index contributed by atoms with van der Waals surface area (Å²) in [6, 6.07) is 7.96. The Hall–Kier alpha value is -1.02. The van der Waals surface area contributed by atoms with E-state index in [1.165, 1.54) is 12.8 Å². The number of amides is 1. The third kappa shape index (κ3) is 3.97. The first-order chi connectivity index (χ1) is 9.06. The lowest BCUT2D eigenvalue weighted by Gasteiger charge is -2.33. The average molecular weight is 280 g/mol. The van der Waals surface area contributed by atoms with Crippen LogP contribution in [-0.4, -0.2) is 23.9 Å². The van der Waals surface area contributed by atoms with E-state index in [9.17, 15) is 4.79 Å². The molecule has 1 fully saturated rings. The van der Waals surface area contributed by atoms with Gasteiger partial charge in [-0.25, -0.2) is 0 Å². The first-order valence-electron chi connectivity index (χ1n) is 7.06. The van der Waals surface area contributed by atoms with E-state index >= 15 is 0 Å². The largest absolute Gasteiger partial charge is 0.342 e. The van der Waals surface area contributed by atoms with Crippen LogP contribution in [0.25, 0.3) is 0 Å². The van der Waals surface area contributed by atoms with Crippen LogP contribution >= 0.6 is 11.6 Å². The molecule has 3 heteroatoms. The molecule has 0 N–H and O–H groups in total. The van der Waals surface area contributed by atoms with Crippen molar-refractivity contribution in [2.45, 2.75) is 45.1 Å². The van der Waals surface area contributed by atoms with Crippen molar-refractivity contribution in [3.05, 3.63) is 34.9 Å². The van der Waals surface area contributed by atoms with Crippen molar-refractivity contribution >= 4 is 17.5 Å². The molecule has 1 aromatic carbocycles. The van der Waals surface area contributed by atoms with Crippen LogP contribution in [0.2, 0.25) is 5.02 Å². The molecule has 0 spiro atoms. The molecule has 0 atom stereocenters. The summed E-state index contributed by atoms with van der Waals surface area (Å²) in [6.45, 7) is 2.30. The molecule has 0 aromatic heterocycles. The number of hydrogen-bond donors (Lipinski definition) is 0. The zero-order valence-electron chi connectivity index (χ0n) is 11.7. The number of likely N-dealkylation sites (N-methyl/N-ethyl adjacent to an activating group) is 1. The first kappa shape index (κ1) is 14.4. The quantitative estimate of drug-likeness (QED) is 0.821. The number of carbonyl (C=O) groups excluding carboxylic acids is 1. The van der Waals surface area contributed by atoms with Crippen molar-refractivity contribution < 1.29 is 4.79 Å². The number of carbonyl (C=O) groups is 1. The van der Waals surface area contributed by atoms with Crippen LogP contribution in [-0.2, 0) is 11.2 Å². The molecule has 1 aliphatic rings. The van der Waals surface area contributed by atoms with Gasteiger partial charge in [0.1, 0.15) is 0 Å². The average Bonchev–Trinajstić information content (AvgIpc) is 2.41. The molecule has 2 rings (SSSR count). The molecule has 2 nitrogen and oxygen atoms in total. The first-order valence-corrected chi connectivity index (χ1v) is 7.44. The van der Waals surface area contributed by atoms with Gasteiger partial charge in [0.2, 0.25) is 5.91 Å². The minimum Gasteiger partial charge on any atom is -0.342 e. The summed E-state index contributed by atoms with van der Waals surface area (Å²) in [7, 11) is 1.94. The minimum absolute atomic E-state index is 0.210. The van der Waals surface area contributed by atoms with E-state index in [0.29, 0.717) is 17.5 Å². The molecule has 0 saturated heterocycles. The predicted molar refractivity (Wildman–Crippen MR) is 79.3 cm³/mol. The van der Waals surface area contributed by atoms with E-state index in [4.69, 9.17) is 11.6 Å². The van der Waals surface area contributed by atoms with Crippen molar-refractivity contribution in [2.24, 2.45) is 5.92 Å². The fourth-order valence-electron chi connectivity index (χ4n) is 2.73. The van der Waals surface area contributed by atoms with Crippen LogP contribution in [0.1, 0.15) is 38.2 Å². The second kappa shape index (κ2) is 6.42. The lowest BCUT2D eigenvalue weighted by molar-refractivity contribution is -0.132. The van der Waals surface area contributed by atoms with Gasteiger partial charge < -0.3 is 4.90 Å². The molecule has 0 radical (unpaired) electrons. The Morgan fingerprint density at radius 2 is 1.79 bits per heavy atom. The molecule has 19 heavy (non-hydrogen) atoms. The Morgan fingerprint density at radius 1 is 1.21 bits per heavy atom. The van der Waals surface area contributed by atoms with E-state index in [0.717, 1.165) is 24.3 Å². The van der Waals surface area contributed by atoms with Crippen LogP contribution in [0.5, 0.6) is 0 Å². The molecular formula is C16H22ClNO. The highest BCUT2D eigenvalue weighted by atomic mass is 35.5. The van der Waals surface area contributed by atoms with Gasteiger partial charge in [0.15, 0.2) is 0 Å². The molecule has 1 aromatic rings. The molecule has 0 aliphatic heterocycles. The SMILES string of the molecule is CC1CCC(N(C)C(=O)Cc2ccc(Cl)cc2)CC1. The number of halogens is 1. The number of nitrogens with zero attached hydrogens (tertiary/aromatic N) is 1. The number of hydrogen-bond acceptors (Lipinski definition) is 1. The fraction of sp³-hybridized carbons (Fsp3) is 0.562. The van der Waals surface area contributed by atoms with Crippen LogP contribution < -0.4 is 0 Å². The Balaban J connectivity index is 1.90. The summed E-state index contributed by atoms with van der Waals surface area (Å²) in [5.41, 5.74) is 1.03. The maximum absolute atomic E-state index is 12.3. The summed E-state index contributed by atoms with van der Waals surface area (Å²) in [4.78, 5) is 14.2. The van der Waals surface area contributed by atoms with Crippen LogP contribution in [0.3, 0.4) is 0 Å². The van der Waals surface area contributed by atoms with Crippen LogP contribution in [0.4, 0.5) is 0 Å². The van der Waals surface area contributed by atoms with E-state index in [2.05, 4.69) is 6.92 Å². The second-order valence-electron chi connectivity index (χ2n) is 5.72. The second-order valence-corrected chi connectivity index (χ2v) is 6.16. The van der Waals surface area contributed by atoms with Crippen molar-refractivity contribution in [1.29, 1.82) is 0 Å². The van der Waals surface area contributed by atoms with E-state index < -0.39 is 0 Å². The molecule has 0 heterocycles. The molecule has 1 amide bonds. The highest BCUT2D eigenvalue weighted by Crippen LogP contribution is 2.26. The van der Waals surface area contributed by atoms with Gasteiger partial charge in [-0.15, -0.1) is 0 Å². The molecule has 1 aliphatic carbocycles. The Bertz CT molecular complexity index is 421. The van der Waals surface area contributed by atoms with Crippen molar-refractivity contribution in [3.8, 4) is 0 Å². The molecule has 0 bridgehead atoms. The molecular weight excluding hydrogens is 258 g/mol. The van der Waals surface area contributed by atoms with E-state index in [1.54, 1.807) is 0 Å². The lowest BCUT2D eigenvalue weighted by atomic mass is 9.86. The van der Waals surface area contributed by atoms with Crippen molar-refractivity contribution in [3.63, 3.8) is 0 Å². The summed E-state index contributed by atoms with van der Waals surface area (Å²) < 4.78 is 0. The third-order valence-electron chi connectivity index (χ3n) is 4.20. The van der Waals surface area contributed by atoms with Crippen LogP contribution in [0.15, 0.2) is 24.3 Å². The van der Waals surface area contributed by atoms with Gasteiger partial charge in [-0.3, -0.25) is 4.79 Å². The van der Waals surface area contributed by atoms with Gasteiger partial charge in [-0.1, -0.05) is 30.7 Å². The summed E-state index contributed by atoms with van der Waals surface area (Å²) >= 11 is 5.85. The van der Waals surface area contributed by atoms with Gasteiger partial charge >= 0.3 is 0 Å². The van der Waals surface area contributed by atoms with Crippen LogP contribution in [0, 0.1) is 5.92 Å². The monoisotopic (exact) mass is 279 g/mol. The third-order valence-corrected chi connectivity index (χ3v) is 4.45. The maximum Gasteiger partial charge on any atom is 0.226 e. The molecule has 1 saturated carbocycles. The van der Waals surface area contributed by atoms with Gasteiger partial charge in [0.05, 0.1) is 6.42 Å². The number of benzene rings is 1. The Labute approximate surface area is 120 Å². The van der Waals surface area contributed by atoms with Gasteiger partial charge in [-0.05, 0) is 49.3 Å². The summed E-state index contributed by atoms with van der Waals surface area (Å²) in [6.07, 6.45) is 5.24. The van der Waals surface area contributed by atoms with E-state index in [1.807, 2.05) is 36.2 Å². The smallest absolute Gasteiger partial charge is 0.226 e. The Kier molecular flexibility index (Phi) is 4.87. The highest BCUT2D eigenvalue weighted by Gasteiger charge is 2.24. The Morgan fingerprint density at radius 3 is 2.37 bits per heavy atom. The lowest BCUT2D eigenvalue weighted by Crippen LogP contribution is -2.40. The van der Waals surface area contributed by atoms with Crippen molar-refractivity contribution in [1.82, 2.24) is 4.90 Å². The summed E-state index contributed by atoms with van der Waals surface area (Å²) in [5, 5.41) is 0.714. The van der Waals surface area contributed by atoms with Gasteiger partial charge in [0.25, 0.3) is 0 Å². The predicted octanol–water partition coefficient (Wildman–Crippen LogP) is 3.92. The maximum atomic E-state index is 12.3. The molecule has 0 unspecified atom stereocenters. The minimum atomic E-state index is 0.210. The van der Waals surface area contributed by atoms with Crippen molar-refractivity contribution in [2.75, 3.05) is 7.05 Å². The summed E-state index contributed by atoms with van der Waals surface area (Å²) in [5.74, 6) is 1.03.